The Morgan fingerprint density at radius 1 is 1.61 bits per heavy atom. The van der Waals surface area contributed by atoms with Crippen LogP contribution in [0, 0.1) is 17.2 Å². The summed E-state index contributed by atoms with van der Waals surface area (Å²) in [6.45, 7) is 0.528. The lowest BCUT2D eigenvalue weighted by atomic mass is 10.1. The number of hydrogen-bond acceptors (Lipinski definition) is 5. The number of rotatable bonds is 4. The normalized spacial score (nSPS) is 22.7. The van der Waals surface area contributed by atoms with Crippen molar-refractivity contribution in [2.75, 3.05) is 7.11 Å². The minimum absolute atomic E-state index is 0.0834. The number of methoxy groups -OCH3 is 1. The predicted molar refractivity (Wildman–Crippen MR) is 63.6 cm³/mol. The van der Waals surface area contributed by atoms with E-state index in [1.54, 1.807) is 12.1 Å². The molecule has 1 heterocycles. The smallest absolute Gasteiger partial charge is 0.373 e. The molecule has 1 aromatic rings. The summed E-state index contributed by atoms with van der Waals surface area (Å²) in [5.41, 5.74) is 0. The number of furan rings is 1. The Kier molecular flexibility index (Phi) is 4.00. The lowest BCUT2D eigenvalue weighted by Crippen LogP contribution is -2.31. The molecule has 0 radical (unpaired) electrons. The maximum absolute atomic E-state index is 11.2. The molecule has 0 amide bonds. The van der Waals surface area contributed by atoms with Gasteiger partial charge in [-0.3, -0.25) is 0 Å². The van der Waals surface area contributed by atoms with Gasteiger partial charge in [0.2, 0.25) is 5.76 Å². The van der Waals surface area contributed by atoms with Gasteiger partial charge < -0.3 is 14.5 Å². The van der Waals surface area contributed by atoms with Crippen molar-refractivity contribution in [1.82, 2.24) is 5.32 Å². The van der Waals surface area contributed by atoms with Crippen LogP contribution in [0.1, 0.15) is 35.6 Å². The Bertz CT molecular complexity index is 461. The summed E-state index contributed by atoms with van der Waals surface area (Å²) in [7, 11) is 1.32. The number of esters is 1. The first-order chi connectivity index (χ1) is 8.74. The molecule has 1 aliphatic rings. The van der Waals surface area contributed by atoms with Crippen LogP contribution in [0.2, 0.25) is 0 Å². The maximum Gasteiger partial charge on any atom is 0.373 e. The zero-order chi connectivity index (χ0) is 13.0. The van der Waals surface area contributed by atoms with E-state index in [4.69, 9.17) is 9.68 Å². The van der Waals surface area contributed by atoms with Crippen LogP contribution in [-0.2, 0) is 11.3 Å². The molecular formula is C13H16N2O3. The van der Waals surface area contributed by atoms with E-state index in [1.165, 1.54) is 7.11 Å². The third kappa shape index (κ3) is 2.71. The second kappa shape index (κ2) is 5.69. The van der Waals surface area contributed by atoms with Crippen molar-refractivity contribution in [3.8, 4) is 6.07 Å². The number of hydrogen-bond donors (Lipinski definition) is 1. The Morgan fingerprint density at radius 3 is 3.17 bits per heavy atom. The van der Waals surface area contributed by atoms with Crippen molar-refractivity contribution < 1.29 is 13.9 Å². The summed E-state index contributed by atoms with van der Waals surface area (Å²) < 4.78 is 9.91. The molecule has 0 aliphatic heterocycles. The Morgan fingerprint density at radius 2 is 2.44 bits per heavy atom. The molecule has 1 fully saturated rings. The van der Waals surface area contributed by atoms with Crippen LogP contribution in [0.15, 0.2) is 16.5 Å². The maximum atomic E-state index is 11.2. The summed E-state index contributed by atoms with van der Waals surface area (Å²) in [5.74, 6) is 0.494. The van der Waals surface area contributed by atoms with Crippen molar-refractivity contribution in [1.29, 1.82) is 5.26 Å². The summed E-state index contributed by atoms with van der Waals surface area (Å²) in [5, 5.41) is 12.3. The Balaban J connectivity index is 1.89. The molecular weight excluding hydrogens is 232 g/mol. The molecule has 96 valence electrons. The van der Waals surface area contributed by atoms with E-state index in [-0.39, 0.29) is 17.7 Å². The summed E-state index contributed by atoms with van der Waals surface area (Å²) >= 11 is 0. The molecule has 1 N–H and O–H groups in total. The van der Waals surface area contributed by atoms with Gasteiger partial charge in [0.05, 0.1) is 25.6 Å². The molecule has 0 spiro atoms. The summed E-state index contributed by atoms with van der Waals surface area (Å²) in [4.78, 5) is 11.2. The third-order valence-corrected chi connectivity index (χ3v) is 3.27. The van der Waals surface area contributed by atoms with Gasteiger partial charge in [-0.05, 0) is 25.0 Å². The van der Waals surface area contributed by atoms with Gasteiger partial charge in [0.25, 0.3) is 0 Å². The van der Waals surface area contributed by atoms with Gasteiger partial charge in [0.1, 0.15) is 5.76 Å². The van der Waals surface area contributed by atoms with Gasteiger partial charge in [-0.1, -0.05) is 6.42 Å². The van der Waals surface area contributed by atoms with Crippen LogP contribution in [0.4, 0.5) is 0 Å². The molecule has 2 unspecified atom stereocenters. The van der Waals surface area contributed by atoms with Crippen molar-refractivity contribution >= 4 is 5.97 Å². The topological polar surface area (TPSA) is 75.3 Å². The lowest BCUT2D eigenvalue weighted by molar-refractivity contribution is 0.0562. The molecule has 2 rings (SSSR count). The molecule has 5 nitrogen and oxygen atoms in total. The zero-order valence-electron chi connectivity index (χ0n) is 10.3. The van der Waals surface area contributed by atoms with E-state index in [1.807, 2.05) is 0 Å². The number of nitrogens with one attached hydrogen (secondary N) is 1. The van der Waals surface area contributed by atoms with Gasteiger partial charge in [-0.25, -0.2) is 4.79 Å². The van der Waals surface area contributed by atoms with Crippen molar-refractivity contribution in [2.24, 2.45) is 5.92 Å². The Hall–Kier alpha value is -1.80. The number of carbonyl (C=O) groups excluding carboxylic acids is 1. The average Bonchev–Trinajstić information content (AvgIpc) is 3.03. The highest BCUT2D eigenvalue weighted by atomic mass is 16.5. The van der Waals surface area contributed by atoms with Crippen LogP contribution in [0.25, 0.3) is 0 Å². The fourth-order valence-electron chi connectivity index (χ4n) is 2.27. The second-order valence-electron chi connectivity index (χ2n) is 4.41. The minimum atomic E-state index is -0.475. The van der Waals surface area contributed by atoms with E-state index < -0.39 is 5.97 Å². The fraction of sp³-hybridized carbons (Fsp3) is 0.538. The largest absolute Gasteiger partial charge is 0.463 e. The lowest BCUT2D eigenvalue weighted by Gasteiger charge is -2.14. The van der Waals surface area contributed by atoms with Crippen LogP contribution < -0.4 is 5.32 Å². The van der Waals surface area contributed by atoms with E-state index in [0.717, 1.165) is 19.3 Å². The van der Waals surface area contributed by atoms with Gasteiger partial charge in [0, 0.05) is 6.04 Å². The summed E-state index contributed by atoms with van der Waals surface area (Å²) in [6, 6.07) is 5.88. The van der Waals surface area contributed by atoms with Gasteiger partial charge in [-0.15, -0.1) is 0 Å². The molecule has 1 aliphatic carbocycles. The van der Waals surface area contributed by atoms with Crippen LogP contribution in [-0.4, -0.2) is 19.1 Å². The first kappa shape index (κ1) is 12.7. The van der Waals surface area contributed by atoms with Gasteiger partial charge in [-0.2, -0.15) is 5.26 Å². The van der Waals surface area contributed by atoms with Crippen molar-refractivity contribution in [2.45, 2.75) is 31.8 Å². The average molecular weight is 248 g/mol. The van der Waals surface area contributed by atoms with Gasteiger partial charge in [0.15, 0.2) is 0 Å². The zero-order valence-corrected chi connectivity index (χ0v) is 10.3. The van der Waals surface area contributed by atoms with E-state index in [0.29, 0.717) is 12.3 Å². The minimum Gasteiger partial charge on any atom is -0.463 e. The molecule has 1 aromatic heterocycles. The highest BCUT2D eigenvalue weighted by molar-refractivity contribution is 5.86. The number of carbonyl (C=O) groups is 1. The van der Waals surface area contributed by atoms with E-state index >= 15 is 0 Å². The quantitative estimate of drug-likeness (QED) is 0.823. The first-order valence-electron chi connectivity index (χ1n) is 6.04. The van der Waals surface area contributed by atoms with E-state index in [9.17, 15) is 4.79 Å². The van der Waals surface area contributed by atoms with Crippen molar-refractivity contribution in [3.05, 3.63) is 23.7 Å². The van der Waals surface area contributed by atoms with Crippen molar-refractivity contribution in [3.63, 3.8) is 0 Å². The molecule has 18 heavy (non-hydrogen) atoms. The molecule has 0 aromatic carbocycles. The molecule has 0 saturated heterocycles. The van der Waals surface area contributed by atoms with E-state index in [2.05, 4.69) is 16.1 Å². The van der Waals surface area contributed by atoms with Crippen LogP contribution in [0.5, 0.6) is 0 Å². The number of nitriles is 1. The van der Waals surface area contributed by atoms with Crippen LogP contribution >= 0.6 is 0 Å². The predicted octanol–water partition coefficient (Wildman–Crippen LogP) is 1.85. The van der Waals surface area contributed by atoms with Gasteiger partial charge >= 0.3 is 5.97 Å². The van der Waals surface area contributed by atoms with Crippen LogP contribution in [0.3, 0.4) is 0 Å². The third-order valence-electron chi connectivity index (χ3n) is 3.27. The first-order valence-corrected chi connectivity index (χ1v) is 6.04. The molecule has 2 atom stereocenters. The number of ether oxygens (including phenoxy) is 1. The molecule has 1 saturated carbocycles. The Labute approximate surface area is 106 Å². The SMILES string of the molecule is COC(=O)c1ccc(CNC2CCCC2C#N)o1. The number of nitrogens with zero attached hydrogens (tertiary/aromatic N) is 1. The fourth-order valence-corrected chi connectivity index (χ4v) is 2.27. The second-order valence-corrected chi connectivity index (χ2v) is 4.41. The highest BCUT2D eigenvalue weighted by Gasteiger charge is 2.26. The monoisotopic (exact) mass is 248 g/mol. The summed E-state index contributed by atoms with van der Waals surface area (Å²) in [6.07, 6.45) is 3.06. The highest BCUT2D eigenvalue weighted by Crippen LogP contribution is 2.25. The molecule has 5 heteroatoms. The standard InChI is InChI=1S/C13H16N2O3/c1-17-13(16)12-6-5-10(18-12)8-15-11-4-2-3-9(11)7-14/h5-6,9,11,15H,2-4,8H2,1H3. The molecule has 0 bridgehead atoms.